The van der Waals surface area contributed by atoms with Gasteiger partial charge < -0.3 is 0 Å². The fourth-order valence-corrected chi connectivity index (χ4v) is 5.41. The van der Waals surface area contributed by atoms with Crippen LogP contribution in [0.1, 0.15) is 5.69 Å². The summed E-state index contributed by atoms with van der Waals surface area (Å²) in [7, 11) is -3.62. The van der Waals surface area contributed by atoms with E-state index in [1.807, 2.05) is 37.5 Å². The minimum absolute atomic E-state index is 0.229. The van der Waals surface area contributed by atoms with Crippen LogP contribution >= 0.6 is 11.9 Å². The third-order valence-electron chi connectivity index (χ3n) is 5.00. The number of rotatable bonds is 7. The number of nitrogens with one attached hydrogen (secondary N) is 4. The van der Waals surface area contributed by atoms with E-state index in [-0.39, 0.29) is 4.90 Å². The van der Waals surface area contributed by atoms with Gasteiger partial charge in [0, 0.05) is 22.3 Å². The van der Waals surface area contributed by atoms with E-state index in [1.54, 1.807) is 60.6 Å². The SMILES string of the molecule is Cc1cc(NC2=CN(Sc3ccc(NS(=O)(=O)c4ccccc4)cc3)CC3=NC=C[NH+]23)n[nH]1. The molecule has 0 bridgehead atoms. The first-order valence-corrected chi connectivity index (χ1v) is 12.5. The molecule has 0 spiro atoms. The van der Waals surface area contributed by atoms with Gasteiger partial charge in [0.25, 0.3) is 10.0 Å². The Labute approximate surface area is 196 Å². The van der Waals surface area contributed by atoms with Crippen LogP contribution in [-0.4, -0.2) is 35.3 Å². The molecule has 1 atom stereocenters. The molecule has 0 amide bonds. The summed E-state index contributed by atoms with van der Waals surface area (Å²) in [5.74, 6) is 2.64. The van der Waals surface area contributed by atoms with Crippen molar-refractivity contribution in [2.24, 2.45) is 4.99 Å². The normalized spacial score (nSPS) is 17.4. The molecule has 2 aliphatic heterocycles. The minimum Gasteiger partial charge on any atom is -0.300 e. The van der Waals surface area contributed by atoms with Gasteiger partial charge >= 0.3 is 0 Å². The van der Waals surface area contributed by atoms with Crippen molar-refractivity contribution in [2.75, 3.05) is 16.6 Å². The second kappa shape index (κ2) is 8.77. The molecule has 168 valence electrons. The number of anilines is 2. The number of nitrogens with zero attached hydrogens (tertiary/aromatic N) is 3. The highest BCUT2D eigenvalue weighted by Crippen LogP contribution is 2.27. The molecule has 4 N–H and O–H groups in total. The molecule has 0 saturated heterocycles. The average molecular weight is 481 g/mol. The van der Waals surface area contributed by atoms with Crippen LogP contribution in [0.5, 0.6) is 0 Å². The monoisotopic (exact) mass is 480 g/mol. The van der Waals surface area contributed by atoms with Crippen molar-refractivity contribution in [1.82, 2.24) is 14.5 Å². The Morgan fingerprint density at radius 3 is 2.64 bits per heavy atom. The first-order valence-electron chi connectivity index (χ1n) is 10.2. The second-order valence-corrected chi connectivity index (χ2v) is 10.3. The van der Waals surface area contributed by atoms with Crippen molar-refractivity contribution in [3.05, 3.63) is 90.8 Å². The highest BCUT2D eigenvalue weighted by molar-refractivity contribution is 7.97. The molecule has 9 nitrogen and oxygen atoms in total. The van der Waals surface area contributed by atoms with Gasteiger partial charge in [-0.05, 0) is 55.3 Å². The smallest absolute Gasteiger partial charge is 0.261 e. The summed E-state index contributed by atoms with van der Waals surface area (Å²) in [5.41, 5.74) is 1.48. The van der Waals surface area contributed by atoms with Crippen molar-refractivity contribution in [3.63, 3.8) is 0 Å². The van der Waals surface area contributed by atoms with Gasteiger partial charge in [0.15, 0.2) is 5.82 Å². The van der Waals surface area contributed by atoms with Crippen LogP contribution < -0.4 is 14.9 Å². The molecule has 11 heteroatoms. The van der Waals surface area contributed by atoms with Crippen molar-refractivity contribution >= 4 is 39.3 Å². The van der Waals surface area contributed by atoms with Gasteiger partial charge in [0.1, 0.15) is 12.7 Å². The lowest BCUT2D eigenvalue weighted by Gasteiger charge is -2.27. The van der Waals surface area contributed by atoms with Crippen LogP contribution in [0.4, 0.5) is 11.5 Å². The first kappa shape index (κ1) is 21.3. The molecule has 2 aliphatic rings. The number of aromatic nitrogens is 2. The largest absolute Gasteiger partial charge is 0.300 e. The van der Waals surface area contributed by atoms with E-state index in [2.05, 4.69) is 29.5 Å². The van der Waals surface area contributed by atoms with E-state index in [9.17, 15) is 8.42 Å². The first-order chi connectivity index (χ1) is 16.0. The average Bonchev–Trinajstić information content (AvgIpc) is 3.44. The third-order valence-corrected chi connectivity index (χ3v) is 7.35. The Bertz CT molecular complexity index is 1350. The van der Waals surface area contributed by atoms with E-state index in [1.165, 1.54) is 0 Å². The second-order valence-electron chi connectivity index (χ2n) is 7.52. The molecule has 1 unspecified atom stereocenters. The van der Waals surface area contributed by atoms with Crippen molar-refractivity contribution in [2.45, 2.75) is 16.7 Å². The third kappa shape index (κ3) is 4.80. The van der Waals surface area contributed by atoms with Gasteiger partial charge in [0.05, 0.1) is 17.3 Å². The molecule has 0 radical (unpaired) electrons. The zero-order valence-electron chi connectivity index (χ0n) is 17.7. The molecule has 0 saturated carbocycles. The summed E-state index contributed by atoms with van der Waals surface area (Å²) < 4.78 is 29.8. The Hall–Kier alpha value is -3.54. The van der Waals surface area contributed by atoms with Gasteiger partial charge in [-0.15, -0.1) is 0 Å². The van der Waals surface area contributed by atoms with Crippen LogP contribution in [0, 0.1) is 6.92 Å². The number of amidine groups is 1. The van der Waals surface area contributed by atoms with E-state index in [4.69, 9.17) is 0 Å². The number of hydrogen-bond donors (Lipinski definition) is 4. The number of quaternary nitrogens is 1. The molecular weight excluding hydrogens is 458 g/mol. The molecule has 0 aliphatic carbocycles. The van der Waals surface area contributed by atoms with Crippen molar-refractivity contribution in [3.8, 4) is 0 Å². The number of fused-ring (bicyclic) bond motifs is 1. The quantitative estimate of drug-likeness (QED) is 0.387. The standard InChI is InChI=1S/C22H21N7O2S2/c1-16-13-20(26-25-16)24-22-15-28(14-21-23-11-12-29(21)22)32-18-9-7-17(8-10-18)27-33(30,31)19-5-3-2-4-6-19/h2-13,15,27H,14H2,1H3,(H2,24,25,26)/p+1. The zero-order chi connectivity index (χ0) is 22.8. The highest BCUT2D eigenvalue weighted by Gasteiger charge is 2.32. The molecule has 5 rings (SSSR count). The molecule has 3 heterocycles. The highest BCUT2D eigenvalue weighted by atomic mass is 32.2. The van der Waals surface area contributed by atoms with Crippen LogP contribution in [0.3, 0.4) is 0 Å². The van der Waals surface area contributed by atoms with E-state index >= 15 is 0 Å². The Kier molecular flexibility index (Phi) is 5.67. The maximum Gasteiger partial charge on any atom is 0.261 e. The molecule has 0 fully saturated rings. The number of aromatic amines is 1. The molecule has 1 aromatic heterocycles. The van der Waals surface area contributed by atoms with Crippen LogP contribution in [0.2, 0.25) is 0 Å². The predicted octanol–water partition coefficient (Wildman–Crippen LogP) is 2.52. The molecule has 3 aromatic rings. The fourth-order valence-electron chi connectivity index (χ4n) is 3.46. The maximum absolute atomic E-state index is 12.5. The summed E-state index contributed by atoms with van der Waals surface area (Å²) in [6, 6.07) is 17.5. The Morgan fingerprint density at radius 2 is 1.91 bits per heavy atom. The number of hydrogen-bond acceptors (Lipinski definition) is 7. The number of aryl methyl sites for hydroxylation is 1. The van der Waals surface area contributed by atoms with Gasteiger partial charge in [-0.1, -0.05) is 18.2 Å². The van der Waals surface area contributed by atoms with E-state index < -0.39 is 10.0 Å². The minimum atomic E-state index is -3.62. The molecule has 2 aromatic carbocycles. The summed E-state index contributed by atoms with van der Waals surface area (Å²) >= 11 is 1.55. The van der Waals surface area contributed by atoms with Gasteiger partial charge in [0.2, 0.25) is 11.7 Å². The molecular formula is C22H22N7O2S2+. The summed E-state index contributed by atoms with van der Waals surface area (Å²) in [6.45, 7) is 2.61. The fraction of sp³-hybridized carbons (Fsp3) is 0.0909. The maximum atomic E-state index is 12.5. The van der Waals surface area contributed by atoms with E-state index in [0.717, 1.165) is 33.0 Å². The zero-order valence-corrected chi connectivity index (χ0v) is 19.3. The lowest BCUT2D eigenvalue weighted by atomic mass is 10.3. The lowest BCUT2D eigenvalue weighted by Crippen LogP contribution is -3.10. The van der Waals surface area contributed by atoms with Gasteiger partial charge in [-0.3, -0.25) is 19.4 Å². The van der Waals surface area contributed by atoms with Crippen LogP contribution in [0.15, 0.2) is 99.9 Å². The van der Waals surface area contributed by atoms with Gasteiger partial charge in [-0.25, -0.2) is 18.3 Å². The number of benzene rings is 2. The predicted molar refractivity (Wildman–Crippen MR) is 129 cm³/mol. The topological polar surface area (TPSA) is 107 Å². The summed E-state index contributed by atoms with van der Waals surface area (Å²) in [4.78, 5) is 6.74. The van der Waals surface area contributed by atoms with Gasteiger partial charge in [-0.2, -0.15) is 5.10 Å². The Morgan fingerprint density at radius 1 is 1.12 bits per heavy atom. The number of H-pyrrole nitrogens is 1. The summed E-state index contributed by atoms with van der Waals surface area (Å²) in [6.07, 6.45) is 5.83. The number of aliphatic imine (C=N–C) groups is 1. The van der Waals surface area contributed by atoms with Crippen molar-refractivity contribution in [1.29, 1.82) is 0 Å². The lowest BCUT2D eigenvalue weighted by molar-refractivity contribution is -0.699. The van der Waals surface area contributed by atoms with Crippen molar-refractivity contribution < 1.29 is 13.3 Å². The molecule has 33 heavy (non-hydrogen) atoms. The van der Waals surface area contributed by atoms with Crippen LogP contribution in [0.25, 0.3) is 0 Å². The van der Waals surface area contributed by atoms with E-state index in [0.29, 0.717) is 12.2 Å². The summed E-state index contributed by atoms with van der Waals surface area (Å²) in [5, 5.41) is 10.6. The Balaban J connectivity index is 1.29. The van der Waals surface area contributed by atoms with Crippen LogP contribution in [-0.2, 0) is 10.0 Å². The number of sulfonamides is 1.